The van der Waals surface area contributed by atoms with Crippen LogP contribution in [0.5, 0.6) is 0 Å². The van der Waals surface area contributed by atoms with Crippen molar-refractivity contribution in [3.05, 3.63) is 0 Å². The Kier molecular flexibility index (Phi) is 30.3. The maximum absolute atomic E-state index is 2.36. The average molecular weight is 357 g/mol. The summed E-state index contributed by atoms with van der Waals surface area (Å²) in [5.41, 5.74) is 0. The minimum absolute atomic E-state index is 0. The van der Waals surface area contributed by atoms with Crippen molar-refractivity contribution in [2.45, 2.75) is 79.1 Å². The van der Waals surface area contributed by atoms with Crippen LogP contribution in [0.15, 0.2) is 0 Å². The topological polar surface area (TPSA) is 0 Å². The van der Waals surface area contributed by atoms with Crippen LogP contribution in [0.25, 0.3) is 0 Å². The molecule has 20 heavy (non-hydrogen) atoms. The van der Waals surface area contributed by atoms with Gasteiger partial charge in [-0.3, -0.25) is 0 Å². The summed E-state index contributed by atoms with van der Waals surface area (Å²) in [5, 5.41) is 0. The molecule has 0 aromatic heterocycles. The van der Waals surface area contributed by atoms with E-state index >= 15 is 0 Å². The third-order valence-corrected chi connectivity index (χ3v) is 9.00. The van der Waals surface area contributed by atoms with Crippen molar-refractivity contribution in [1.82, 2.24) is 0 Å². The van der Waals surface area contributed by atoms with E-state index < -0.39 is 7.26 Å². The number of unbranched alkanes of at least 4 members (excludes halogenated alkanes) is 4. The zero-order valence-corrected chi connectivity index (χ0v) is 17.8. The molecule has 0 heterocycles. The Morgan fingerprint density at radius 1 is 0.500 bits per heavy atom. The molecule has 4 heteroatoms. The van der Waals surface area contributed by atoms with Gasteiger partial charge in [-0.2, -0.15) is 0 Å². The molecular weight excluding hydrogens is 321 g/mol. The Morgan fingerprint density at radius 2 is 0.700 bits per heavy atom. The van der Waals surface area contributed by atoms with E-state index in [4.69, 9.17) is 0 Å². The van der Waals surface area contributed by atoms with Gasteiger partial charge in [0.05, 0.1) is 24.6 Å². The summed E-state index contributed by atoms with van der Waals surface area (Å²) in [6.45, 7) is 9.42. The normalized spacial score (nSPS) is 10.2. The average Bonchev–Trinajstić information content (AvgIpc) is 2.37. The van der Waals surface area contributed by atoms with Crippen LogP contribution in [0.2, 0.25) is 0 Å². The first kappa shape index (κ1) is 29.5. The summed E-state index contributed by atoms with van der Waals surface area (Å²) in [7, 11) is -0.562. The summed E-state index contributed by atoms with van der Waals surface area (Å²) in [6, 6.07) is 0. The Labute approximate surface area is 152 Å². The number of rotatable bonds is 12. The molecule has 0 nitrogen and oxygen atoms in total. The summed E-state index contributed by atoms with van der Waals surface area (Å²) in [5.74, 6) is 0. The fourth-order valence-corrected chi connectivity index (χ4v) is 7.93. The van der Waals surface area contributed by atoms with Crippen LogP contribution >= 0.6 is 7.26 Å². The van der Waals surface area contributed by atoms with Gasteiger partial charge in [0.25, 0.3) is 0 Å². The Balaban J connectivity index is -0.000000427. The van der Waals surface area contributed by atoms with Crippen molar-refractivity contribution in [2.24, 2.45) is 0 Å². The fraction of sp³-hybridized carbons (Fsp3) is 1.00. The quantitative estimate of drug-likeness (QED) is 0.336. The summed E-state index contributed by atoms with van der Waals surface area (Å²) in [4.78, 5) is 0. The van der Waals surface area contributed by atoms with Crippen LogP contribution in [0, 0.1) is 0 Å². The Hall–Kier alpha value is 1.54. The van der Waals surface area contributed by atoms with Crippen LogP contribution < -0.4 is 24.8 Å². The third kappa shape index (κ3) is 14.5. The minimum Gasteiger partial charge on any atom is -1.00 e. The molecule has 0 fully saturated rings. The van der Waals surface area contributed by atoms with E-state index in [9.17, 15) is 0 Å². The van der Waals surface area contributed by atoms with Gasteiger partial charge in [0.1, 0.15) is 0 Å². The molecule has 0 spiro atoms. The minimum atomic E-state index is -0.562. The summed E-state index contributed by atoms with van der Waals surface area (Å²) < 4.78 is 0. The van der Waals surface area contributed by atoms with Crippen molar-refractivity contribution in [3.8, 4) is 0 Å². The summed E-state index contributed by atoms with van der Waals surface area (Å²) >= 11 is 0. The molecule has 0 aliphatic rings. The van der Waals surface area contributed by atoms with E-state index in [0.717, 1.165) is 0 Å². The molecule has 2 radical (unpaired) electrons. The maximum Gasteiger partial charge on any atom is 1.00 e. The van der Waals surface area contributed by atoms with E-state index in [0.29, 0.717) is 0 Å². The van der Waals surface area contributed by atoms with Gasteiger partial charge in [-0.25, -0.2) is 0 Å². The van der Waals surface area contributed by atoms with Crippen molar-refractivity contribution in [2.75, 3.05) is 24.6 Å². The van der Waals surface area contributed by atoms with E-state index in [1.165, 1.54) is 51.4 Å². The van der Waals surface area contributed by atoms with Gasteiger partial charge >= 0.3 is 17.4 Å². The second kappa shape index (κ2) is 20.5. The number of halogens is 2. The predicted octanol–water partition coefficient (Wildman–Crippen LogP) is -0.168. The van der Waals surface area contributed by atoms with E-state index in [1.807, 2.05) is 0 Å². The van der Waals surface area contributed by atoms with Gasteiger partial charge in [-0.15, -0.1) is 0 Å². The fourth-order valence-electron chi connectivity index (χ4n) is 2.64. The zero-order valence-electron chi connectivity index (χ0n) is 14.3. The molecule has 0 saturated heterocycles. The third-order valence-electron chi connectivity index (χ3n) is 3.94. The molecule has 0 N–H and O–H groups in total. The van der Waals surface area contributed by atoms with Crippen molar-refractivity contribution in [1.29, 1.82) is 0 Å². The van der Waals surface area contributed by atoms with Gasteiger partial charge in [0, 0.05) is 7.26 Å². The molecule has 0 aliphatic heterocycles. The molecule has 0 rings (SSSR count). The first-order valence-electron chi connectivity index (χ1n) is 8.09. The van der Waals surface area contributed by atoms with Crippen LogP contribution in [0.1, 0.15) is 79.1 Å². The van der Waals surface area contributed by atoms with Crippen LogP contribution in [-0.2, 0) is 0 Å². The Bertz CT molecular complexity index is 131. The molecule has 122 valence electrons. The molecule has 0 unspecified atom stereocenters. The first-order valence-corrected chi connectivity index (χ1v) is 10.6. The molecule has 0 atom stereocenters. The molecular formula is C16H36AlCl2P. The van der Waals surface area contributed by atoms with Crippen molar-refractivity contribution >= 4 is 24.6 Å². The zero-order chi connectivity index (χ0) is 13.0. The van der Waals surface area contributed by atoms with Crippen LogP contribution in [0.4, 0.5) is 0 Å². The van der Waals surface area contributed by atoms with Crippen molar-refractivity contribution < 1.29 is 24.8 Å². The van der Waals surface area contributed by atoms with Gasteiger partial charge < -0.3 is 24.8 Å². The SMILES string of the molecule is CCCC[P+](CCCC)(CCCC)CCCC.[Al+].[Cl-].[Cl-]. The standard InChI is InChI=1S/C16H36P.Al.2ClH/c1-5-9-13-17(14-10-6-2,15-11-7-3)16-12-8-4;;;/h5-16H2,1-4H3;;2*1H/q2*+1;;/p-2. The molecule has 0 aromatic rings. The molecule has 0 aliphatic carbocycles. The van der Waals surface area contributed by atoms with E-state index in [-0.39, 0.29) is 42.2 Å². The van der Waals surface area contributed by atoms with Gasteiger partial charge in [-0.05, 0) is 25.7 Å². The largest absolute Gasteiger partial charge is 1.00 e. The summed E-state index contributed by atoms with van der Waals surface area (Å²) in [6.07, 6.45) is 17.9. The van der Waals surface area contributed by atoms with E-state index in [1.54, 1.807) is 24.6 Å². The van der Waals surface area contributed by atoms with Crippen molar-refractivity contribution in [3.63, 3.8) is 0 Å². The number of hydrogen-bond donors (Lipinski definition) is 0. The second-order valence-corrected chi connectivity index (χ2v) is 10.1. The van der Waals surface area contributed by atoms with Crippen LogP contribution in [-0.4, -0.2) is 42.0 Å². The monoisotopic (exact) mass is 356 g/mol. The van der Waals surface area contributed by atoms with E-state index in [2.05, 4.69) is 27.7 Å². The Morgan fingerprint density at radius 3 is 0.850 bits per heavy atom. The number of hydrogen-bond acceptors (Lipinski definition) is 0. The van der Waals surface area contributed by atoms with Gasteiger partial charge in [0.15, 0.2) is 0 Å². The molecule has 0 aromatic carbocycles. The second-order valence-electron chi connectivity index (χ2n) is 5.65. The first-order chi connectivity index (χ1) is 8.24. The molecule has 0 bridgehead atoms. The predicted molar refractivity (Wildman–Crippen MR) is 91.8 cm³/mol. The maximum atomic E-state index is 2.36. The molecule has 0 saturated carbocycles. The smallest absolute Gasteiger partial charge is 1.00 e. The van der Waals surface area contributed by atoms with Gasteiger partial charge in [-0.1, -0.05) is 53.4 Å². The van der Waals surface area contributed by atoms with Gasteiger partial charge in [0.2, 0.25) is 0 Å². The van der Waals surface area contributed by atoms with Crippen LogP contribution in [0.3, 0.4) is 0 Å². The molecule has 0 amide bonds.